The van der Waals surface area contributed by atoms with Gasteiger partial charge in [-0.25, -0.2) is 9.78 Å². The summed E-state index contributed by atoms with van der Waals surface area (Å²) in [5.41, 5.74) is 1.45. The van der Waals surface area contributed by atoms with Crippen molar-refractivity contribution >= 4 is 11.2 Å². The van der Waals surface area contributed by atoms with E-state index in [9.17, 15) is 9.59 Å². The average molecular weight is 411 g/mol. The SMILES string of the molecule is CCN1CCN(Cc2nc3c(c(=O)[nH]c(=O)n3C)n2CCCc2ccccc2)CC1. The van der Waals surface area contributed by atoms with E-state index in [0.29, 0.717) is 24.3 Å². The molecule has 1 aliphatic heterocycles. The summed E-state index contributed by atoms with van der Waals surface area (Å²) in [5, 5.41) is 0. The third kappa shape index (κ3) is 4.24. The summed E-state index contributed by atoms with van der Waals surface area (Å²) >= 11 is 0. The highest BCUT2D eigenvalue weighted by atomic mass is 16.2. The molecule has 3 aromatic rings. The lowest BCUT2D eigenvalue weighted by Crippen LogP contribution is -2.45. The minimum atomic E-state index is -0.426. The van der Waals surface area contributed by atoms with Gasteiger partial charge in [-0.15, -0.1) is 0 Å². The van der Waals surface area contributed by atoms with E-state index in [1.807, 2.05) is 22.8 Å². The van der Waals surface area contributed by atoms with Crippen LogP contribution in [0.1, 0.15) is 24.7 Å². The highest BCUT2D eigenvalue weighted by Crippen LogP contribution is 2.16. The lowest BCUT2D eigenvalue weighted by atomic mass is 10.1. The zero-order valence-electron chi connectivity index (χ0n) is 17.8. The van der Waals surface area contributed by atoms with Crippen LogP contribution in [0.3, 0.4) is 0 Å². The quantitative estimate of drug-likeness (QED) is 0.633. The van der Waals surface area contributed by atoms with Gasteiger partial charge >= 0.3 is 5.69 Å². The molecule has 0 amide bonds. The topological polar surface area (TPSA) is 79.2 Å². The number of H-pyrrole nitrogens is 1. The van der Waals surface area contributed by atoms with E-state index in [2.05, 4.69) is 33.8 Å². The number of benzene rings is 1. The van der Waals surface area contributed by atoms with Crippen molar-refractivity contribution in [2.45, 2.75) is 32.9 Å². The first kappa shape index (κ1) is 20.6. The van der Waals surface area contributed by atoms with E-state index in [1.54, 1.807) is 7.05 Å². The molecule has 8 heteroatoms. The number of aromatic nitrogens is 4. The Morgan fingerprint density at radius 2 is 1.73 bits per heavy atom. The fraction of sp³-hybridized carbons (Fsp3) is 0.500. The molecule has 4 rings (SSSR count). The second-order valence-corrected chi connectivity index (χ2v) is 7.97. The average Bonchev–Trinajstić information content (AvgIpc) is 3.12. The minimum Gasteiger partial charge on any atom is -0.321 e. The van der Waals surface area contributed by atoms with Gasteiger partial charge in [0.25, 0.3) is 5.56 Å². The van der Waals surface area contributed by atoms with Crippen LogP contribution in [0, 0.1) is 0 Å². The maximum atomic E-state index is 12.6. The van der Waals surface area contributed by atoms with E-state index in [0.717, 1.165) is 51.4 Å². The Hall–Kier alpha value is -2.71. The Morgan fingerprint density at radius 1 is 1.03 bits per heavy atom. The van der Waals surface area contributed by atoms with E-state index in [4.69, 9.17) is 4.98 Å². The summed E-state index contributed by atoms with van der Waals surface area (Å²) in [6, 6.07) is 10.4. The lowest BCUT2D eigenvalue weighted by molar-refractivity contribution is 0.128. The Morgan fingerprint density at radius 3 is 2.43 bits per heavy atom. The maximum absolute atomic E-state index is 12.6. The number of aryl methyl sites for hydroxylation is 3. The van der Waals surface area contributed by atoms with Gasteiger partial charge in [0.2, 0.25) is 0 Å². The van der Waals surface area contributed by atoms with E-state index >= 15 is 0 Å². The van der Waals surface area contributed by atoms with E-state index in [-0.39, 0.29) is 5.56 Å². The zero-order chi connectivity index (χ0) is 21.1. The fourth-order valence-corrected chi connectivity index (χ4v) is 4.19. The number of hydrogen-bond acceptors (Lipinski definition) is 5. The van der Waals surface area contributed by atoms with E-state index < -0.39 is 5.69 Å². The highest BCUT2D eigenvalue weighted by molar-refractivity contribution is 5.70. The molecule has 0 unspecified atom stereocenters. The molecule has 1 N–H and O–H groups in total. The number of aromatic amines is 1. The number of fused-ring (bicyclic) bond motifs is 1. The molecular weight excluding hydrogens is 380 g/mol. The first-order chi connectivity index (χ1) is 14.6. The predicted octanol–water partition coefficient (Wildman–Crippen LogP) is 1.19. The summed E-state index contributed by atoms with van der Waals surface area (Å²) in [5.74, 6) is 0.856. The Kier molecular flexibility index (Phi) is 6.15. The molecule has 8 nitrogen and oxygen atoms in total. The second kappa shape index (κ2) is 8.97. The third-order valence-corrected chi connectivity index (χ3v) is 6.05. The smallest absolute Gasteiger partial charge is 0.321 e. The van der Waals surface area contributed by atoms with Crippen molar-refractivity contribution in [3.8, 4) is 0 Å². The van der Waals surface area contributed by atoms with Gasteiger partial charge in [-0.3, -0.25) is 19.2 Å². The van der Waals surface area contributed by atoms with Crippen molar-refractivity contribution in [2.75, 3.05) is 32.7 Å². The van der Waals surface area contributed by atoms with Crippen molar-refractivity contribution < 1.29 is 0 Å². The normalized spacial score (nSPS) is 15.8. The fourth-order valence-electron chi connectivity index (χ4n) is 4.19. The summed E-state index contributed by atoms with van der Waals surface area (Å²) in [6.07, 6.45) is 1.83. The molecule has 160 valence electrons. The number of likely N-dealkylation sites (N-methyl/N-ethyl adjacent to an activating group) is 1. The van der Waals surface area contributed by atoms with Crippen LogP contribution in [0.15, 0.2) is 39.9 Å². The molecular formula is C22H30N6O2. The molecule has 0 atom stereocenters. The van der Waals surface area contributed by atoms with Crippen LogP contribution in [-0.2, 0) is 26.6 Å². The summed E-state index contributed by atoms with van der Waals surface area (Å²) in [4.78, 5) is 36.7. The van der Waals surface area contributed by atoms with Crippen molar-refractivity contribution in [3.05, 3.63) is 62.6 Å². The molecule has 0 radical (unpaired) electrons. The van der Waals surface area contributed by atoms with Gasteiger partial charge in [0, 0.05) is 39.8 Å². The Bertz CT molecular complexity index is 1110. The van der Waals surface area contributed by atoms with Crippen LogP contribution in [0.2, 0.25) is 0 Å². The number of imidazole rings is 1. The van der Waals surface area contributed by atoms with Crippen LogP contribution < -0.4 is 11.2 Å². The lowest BCUT2D eigenvalue weighted by Gasteiger charge is -2.33. The molecule has 30 heavy (non-hydrogen) atoms. The predicted molar refractivity (Wildman–Crippen MR) is 118 cm³/mol. The van der Waals surface area contributed by atoms with Crippen molar-refractivity contribution in [1.82, 2.24) is 28.9 Å². The highest BCUT2D eigenvalue weighted by Gasteiger charge is 2.21. The monoisotopic (exact) mass is 410 g/mol. The number of rotatable bonds is 7. The maximum Gasteiger partial charge on any atom is 0.329 e. The van der Waals surface area contributed by atoms with Gasteiger partial charge in [0.15, 0.2) is 11.2 Å². The van der Waals surface area contributed by atoms with Gasteiger partial charge in [-0.1, -0.05) is 37.3 Å². The number of nitrogens with zero attached hydrogens (tertiary/aromatic N) is 5. The van der Waals surface area contributed by atoms with Gasteiger partial charge in [-0.2, -0.15) is 0 Å². The molecule has 2 aromatic heterocycles. The number of hydrogen-bond donors (Lipinski definition) is 1. The molecule has 0 spiro atoms. The summed E-state index contributed by atoms with van der Waals surface area (Å²) in [6.45, 7) is 8.69. The van der Waals surface area contributed by atoms with Gasteiger partial charge in [-0.05, 0) is 24.9 Å². The molecule has 3 heterocycles. The Labute approximate surface area is 175 Å². The first-order valence-electron chi connectivity index (χ1n) is 10.7. The standard InChI is InChI=1S/C22H30N6O2/c1-3-26-12-14-27(15-13-26)16-18-23-20-19(21(29)24-22(30)25(20)2)28(18)11-7-10-17-8-5-4-6-9-17/h4-6,8-9H,3,7,10-16H2,1-2H3,(H,24,29,30). The van der Waals surface area contributed by atoms with Crippen molar-refractivity contribution in [3.63, 3.8) is 0 Å². The molecule has 1 fully saturated rings. The molecule has 0 bridgehead atoms. The van der Waals surface area contributed by atoms with Crippen LogP contribution in [-0.4, -0.2) is 61.6 Å². The molecule has 1 aliphatic rings. The van der Waals surface area contributed by atoms with Crippen LogP contribution in [0.5, 0.6) is 0 Å². The zero-order valence-corrected chi connectivity index (χ0v) is 17.8. The van der Waals surface area contributed by atoms with Gasteiger partial charge < -0.3 is 9.47 Å². The largest absolute Gasteiger partial charge is 0.329 e. The van der Waals surface area contributed by atoms with Crippen LogP contribution in [0.4, 0.5) is 0 Å². The van der Waals surface area contributed by atoms with Crippen molar-refractivity contribution in [2.24, 2.45) is 7.05 Å². The van der Waals surface area contributed by atoms with E-state index in [1.165, 1.54) is 10.1 Å². The summed E-state index contributed by atoms with van der Waals surface area (Å²) in [7, 11) is 1.66. The molecule has 1 saturated heterocycles. The first-order valence-corrected chi connectivity index (χ1v) is 10.7. The third-order valence-electron chi connectivity index (χ3n) is 6.05. The van der Waals surface area contributed by atoms with Gasteiger partial charge in [0.05, 0.1) is 6.54 Å². The molecule has 0 saturated carbocycles. The van der Waals surface area contributed by atoms with Gasteiger partial charge in [0.1, 0.15) is 5.82 Å². The minimum absolute atomic E-state index is 0.359. The van der Waals surface area contributed by atoms with Crippen LogP contribution >= 0.6 is 0 Å². The molecule has 0 aliphatic carbocycles. The Balaban J connectivity index is 1.61. The van der Waals surface area contributed by atoms with Crippen molar-refractivity contribution in [1.29, 1.82) is 0 Å². The van der Waals surface area contributed by atoms with Crippen LogP contribution in [0.25, 0.3) is 11.2 Å². The molecule has 1 aromatic carbocycles. The number of nitrogens with one attached hydrogen (secondary N) is 1. The second-order valence-electron chi connectivity index (χ2n) is 7.97. The summed E-state index contributed by atoms with van der Waals surface area (Å²) < 4.78 is 3.45. The number of piperazine rings is 1.